The summed E-state index contributed by atoms with van der Waals surface area (Å²) < 4.78 is 0. The Labute approximate surface area is 72.3 Å². The van der Waals surface area contributed by atoms with Gasteiger partial charge in [-0.25, -0.2) is 0 Å². The quantitative estimate of drug-likeness (QED) is 0.671. The van der Waals surface area contributed by atoms with E-state index in [4.69, 9.17) is 5.73 Å². The van der Waals surface area contributed by atoms with Crippen LogP contribution in [0.2, 0.25) is 0 Å². The maximum absolute atomic E-state index is 5.40. The van der Waals surface area contributed by atoms with Crippen LogP contribution in [0.1, 0.15) is 12.6 Å². The molecule has 3 nitrogen and oxygen atoms in total. The predicted molar refractivity (Wildman–Crippen MR) is 50.3 cm³/mol. The van der Waals surface area contributed by atoms with Crippen LogP contribution < -0.4 is 5.73 Å². The van der Waals surface area contributed by atoms with E-state index in [1.807, 2.05) is 25.1 Å². The largest absolute Gasteiger partial charge is 0.328 e. The molecular formula is C9H13N3. The van der Waals surface area contributed by atoms with Gasteiger partial charge in [-0.2, -0.15) is 0 Å². The average molecular weight is 163 g/mol. The van der Waals surface area contributed by atoms with Gasteiger partial charge in [-0.3, -0.25) is 9.98 Å². The van der Waals surface area contributed by atoms with Crippen molar-refractivity contribution in [3.8, 4) is 0 Å². The molecular weight excluding hydrogens is 150 g/mol. The molecule has 0 aliphatic carbocycles. The Bertz CT molecular complexity index is 243. The van der Waals surface area contributed by atoms with E-state index < -0.39 is 0 Å². The Morgan fingerprint density at radius 1 is 1.67 bits per heavy atom. The van der Waals surface area contributed by atoms with Gasteiger partial charge in [-0.05, 0) is 19.1 Å². The van der Waals surface area contributed by atoms with Gasteiger partial charge in [0.25, 0.3) is 0 Å². The van der Waals surface area contributed by atoms with Crippen LogP contribution in [0.25, 0.3) is 0 Å². The molecule has 1 aromatic heterocycles. The van der Waals surface area contributed by atoms with Gasteiger partial charge in [0.15, 0.2) is 0 Å². The lowest BCUT2D eigenvalue weighted by molar-refractivity contribution is 0.758. The minimum Gasteiger partial charge on any atom is -0.328 e. The fourth-order valence-corrected chi connectivity index (χ4v) is 0.717. The molecule has 0 aromatic carbocycles. The van der Waals surface area contributed by atoms with E-state index >= 15 is 0 Å². The van der Waals surface area contributed by atoms with Crippen LogP contribution in [0, 0.1) is 0 Å². The Hall–Kier alpha value is -1.22. The lowest BCUT2D eigenvalue weighted by Crippen LogP contribution is -2.14. The molecule has 1 unspecified atom stereocenters. The van der Waals surface area contributed by atoms with E-state index in [-0.39, 0.29) is 6.04 Å². The second-order valence-electron chi connectivity index (χ2n) is 2.62. The molecule has 0 radical (unpaired) electrons. The second kappa shape index (κ2) is 4.62. The number of hydrogen-bond donors (Lipinski definition) is 1. The molecule has 0 spiro atoms. The third kappa shape index (κ3) is 2.80. The molecule has 0 saturated carbocycles. The summed E-state index contributed by atoms with van der Waals surface area (Å²) in [5.41, 5.74) is 6.27. The zero-order chi connectivity index (χ0) is 8.81. The van der Waals surface area contributed by atoms with Crippen LogP contribution in [-0.4, -0.2) is 23.8 Å². The molecule has 0 saturated heterocycles. The molecule has 2 N–H and O–H groups in total. The summed E-state index contributed by atoms with van der Waals surface area (Å²) in [6.07, 6.45) is 3.49. The SMILES string of the molecule is CC(CN)N=Cc1ccccn1. The minimum absolute atomic E-state index is 0.173. The number of pyridine rings is 1. The zero-order valence-corrected chi connectivity index (χ0v) is 7.14. The lowest BCUT2D eigenvalue weighted by atomic mass is 10.3. The van der Waals surface area contributed by atoms with Gasteiger partial charge in [0, 0.05) is 19.0 Å². The van der Waals surface area contributed by atoms with Crippen molar-refractivity contribution in [1.29, 1.82) is 0 Å². The number of nitrogens with zero attached hydrogens (tertiary/aromatic N) is 2. The molecule has 1 atom stereocenters. The fraction of sp³-hybridized carbons (Fsp3) is 0.333. The monoisotopic (exact) mass is 163 g/mol. The molecule has 0 aliphatic rings. The normalized spacial score (nSPS) is 13.5. The standard InChI is InChI=1S/C9H13N3/c1-8(6-10)12-7-9-4-2-3-5-11-9/h2-5,7-8H,6,10H2,1H3. The van der Waals surface area contributed by atoms with Crippen LogP contribution >= 0.6 is 0 Å². The Morgan fingerprint density at radius 3 is 3.08 bits per heavy atom. The number of aromatic nitrogens is 1. The van der Waals surface area contributed by atoms with E-state index in [9.17, 15) is 0 Å². The van der Waals surface area contributed by atoms with Crippen LogP contribution in [0.15, 0.2) is 29.4 Å². The summed E-state index contributed by atoms with van der Waals surface area (Å²) in [6, 6.07) is 5.89. The van der Waals surface area contributed by atoms with Crippen molar-refractivity contribution in [3.63, 3.8) is 0 Å². The second-order valence-corrected chi connectivity index (χ2v) is 2.62. The highest BCUT2D eigenvalue weighted by Crippen LogP contribution is 1.90. The molecule has 0 bridgehead atoms. The number of hydrogen-bond acceptors (Lipinski definition) is 3. The van der Waals surface area contributed by atoms with Crippen molar-refractivity contribution in [3.05, 3.63) is 30.1 Å². The van der Waals surface area contributed by atoms with E-state index in [1.165, 1.54) is 0 Å². The smallest absolute Gasteiger partial charge is 0.0807 e. The summed E-state index contributed by atoms with van der Waals surface area (Å²) in [5, 5.41) is 0. The van der Waals surface area contributed by atoms with Crippen molar-refractivity contribution in [2.45, 2.75) is 13.0 Å². The van der Waals surface area contributed by atoms with Crippen molar-refractivity contribution >= 4 is 6.21 Å². The van der Waals surface area contributed by atoms with Gasteiger partial charge in [0.2, 0.25) is 0 Å². The maximum Gasteiger partial charge on any atom is 0.0807 e. The lowest BCUT2D eigenvalue weighted by Gasteiger charge is -1.98. The highest BCUT2D eigenvalue weighted by Gasteiger charge is 1.91. The van der Waals surface area contributed by atoms with E-state index in [0.29, 0.717) is 6.54 Å². The number of nitrogens with two attached hydrogens (primary N) is 1. The van der Waals surface area contributed by atoms with E-state index in [2.05, 4.69) is 9.98 Å². The third-order valence-corrected chi connectivity index (χ3v) is 1.49. The van der Waals surface area contributed by atoms with Gasteiger partial charge in [0.05, 0.1) is 11.7 Å². The maximum atomic E-state index is 5.40. The van der Waals surface area contributed by atoms with E-state index in [0.717, 1.165) is 5.69 Å². The third-order valence-electron chi connectivity index (χ3n) is 1.49. The van der Waals surface area contributed by atoms with Crippen LogP contribution in [0.5, 0.6) is 0 Å². The van der Waals surface area contributed by atoms with Crippen molar-refractivity contribution in [2.75, 3.05) is 6.54 Å². The van der Waals surface area contributed by atoms with Gasteiger partial charge >= 0.3 is 0 Å². The van der Waals surface area contributed by atoms with Crippen molar-refractivity contribution < 1.29 is 0 Å². The number of aliphatic imine (C=N–C) groups is 1. The highest BCUT2D eigenvalue weighted by molar-refractivity contribution is 5.76. The summed E-state index contributed by atoms with van der Waals surface area (Å²) >= 11 is 0. The first-order valence-corrected chi connectivity index (χ1v) is 3.97. The molecule has 12 heavy (non-hydrogen) atoms. The highest BCUT2D eigenvalue weighted by atomic mass is 14.8. The zero-order valence-electron chi connectivity index (χ0n) is 7.14. The Balaban J connectivity index is 2.58. The van der Waals surface area contributed by atoms with Crippen molar-refractivity contribution in [2.24, 2.45) is 10.7 Å². The minimum atomic E-state index is 0.173. The average Bonchev–Trinajstić information content (AvgIpc) is 2.16. The van der Waals surface area contributed by atoms with Gasteiger partial charge in [0.1, 0.15) is 0 Å². The first kappa shape index (κ1) is 8.87. The fourth-order valence-electron chi connectivity index (χ4n) is 0.717. The molecule has 0 amide bonds. The molecule has 1 rings (SSSR count). The number of rotatable bonds is 3. The first-order valence-electron chi connectivity index (χ1n) is 3.97. The van der Waals surface area contributed by atoms with Gasteiger partial charge < -0.3 is 5.73 Å². The van der Waals surface area contributed by atoms with Gasteiger partial charge in [-0.15, -0.1) is 0 Å². The first-order chi connectivity index (χ1) is 5.83. The van der Waals surface area contributed by atoms with Crippen LogP contribution in [0.3, 0.4) is 0 Å². The summed E-state index contributed by atoms with van der Waals surface area (Å²) in [4.78, 5) is 8.30. The van der Waals surface area contributed by atoms with Crippen LogP contribution in [0.4, 0.5) is 0 Å². The molecule has 0 aliphatic heterocycles. The molecule has 1 aromatic rings. The summed E-state index contributed by atoms with van der Waals surface area (Å²) in [5.74, 6) is 0. The van der Waals surface area contributed by atoms with Crippen molar-refractivity contribution in [1.82, 2.24) is 4.98 Å². The molecule has 0 fully saturated rings. The Kier molecular flexibility index (Phi) is 3.41. The Morgan fingerprint density at radius 2 is 2.50 bits per heavy atom. The summed E-state index contributed by atoms with van der Waals surface area (Å²) in [6.45, 7) is 2.54. The topological polar surface area (TPSA) is 51.3 Å². The molecule has 3 heteroatoms. The molecule has 1 heterocycles. The van der Waals surface area contributed by atoms with Crippen LogP contribution in [-0.2, 0) is 0 Å². The molecule has 64 valence electrons. The summed E-state index contributed by atoms with van der Waals surface area (Å²) in [7, 11) is 0. The predicted octanol–water partition coefficient (Wildman–Crippen LogP) is 0.848. The van der Waals surface area contributed by atoms with E-state index in [1.54, 1.807) is 12.4 Å². The van der Waals surface area contributed by atoms with Gasteiger partial charge in [-0.1, -0.05) is 6.07 Å².